The van der Waals surface area contributed by atoms with E-state index in [2.05, 4.69) is 10.4 Å². The van der Waals surface area contributed by atoms with Gasteiger partial charge in [0.2, 0.25) is 0 Å². The number of rotatable bonds is 7. The highest BCUT2D eigenvalue weighted by molar-refractivity contribution is 5.98. The van der Waals surface area contributed by atoms with Gasteiger partial charge in [0.05, 0.1) is 18.7 Å². The molecule has 0 aliphatic carbocycles. The molecule has 7 nitrogen and oxygen atoms in total. The summed E-state index contributed by atoms with van der Waals surface area (Å²) in [5, 5.41) is 6.91. The average molecular weight is 458 g/mol. The lowest BCUT2D eigenvalue weighted by Crippen LogP contribution is -2.39. The van der Waals surface area contributed by atoms with E-state index >= 15 is 0 Å². The highest BCUT2D eigenvalue weighted by Gasteiger charge is 2.31. The lowest BCUT2D eigenvalue weighted by Gasteiger charge is -2.27. The van der Waals surface area contributed by atoms with E-state index in [4.69, 9.17) is 4.74 Å². The summed E-state index contributed by atoms with van der Waals surface area (Å²) in [6.45, 7) is 1.43. The van der Waals surface area contributed by atoms with Crippen LogP contribution in [0.2, 0.25) is 0 Å². The number of alkyl halides is 3. The van der Waals surface area contributed by atoms with Crippen molar-refractivity contribution in [1.82, 2.24) is 20.0 Å². The summed E-state index contributed by atoms with van der Waals surface area (Å²) in [7, 11) is 0. The molecule has 2 amide bonds. The molecule has 3 aromatic rings. The van der Waals surface area contributed by atoms with Crippen LogP contribution in [0.15, 0.2) is 60.7 Å². The quantitative estimate of drug-likeness (QED) is 0.551. The van der Waals surface area contributed by atoms with E-state index in [-0.39, 0.29) is 37.0 Å². The number of fused-ring (bicyclic) bond motifs is 1. The smallest absolute Gasteiger partial charge is 0.416 e. The summed E-state index contributed by atoms with van der Waals surface area (Å²) >= 11 is 0. The zero-order valence-electron chi connectivity index (χ0n) is 17.5. The van der Waals surface area contributed by atoms with E-state index in [1.165, 1.54) is 27.8 Å². The Morgan fingerprint density at radius 1 is 1.06 bits per heavy atom. The first-order valence-electron chi connectivity index (χ1n) is 10.3. The second-order valence-corrected chi connectivity index (χ2v) is 7.48. The van der Waals surface area contributed by atoms with Gasteiger partial charge in [0.25, 0.3) is 11.8 Å². The third-order valence-electron chi connectivity index (χ3n) is 5.15. The van der Waals surface area contributed by atoms with Gasteiger partial charge >= 0.3 is 6.18 Å². The molecule has 1 aliphatic heterocycles. The molecule has 0 saturated carbocycles. The predicted octanol–water partition coefficient (Wildman–Crippen LogP) is 3.37. The van der Waals surface area contributed by atoms with Gasteiger partial charge in [0, 0.05) is 19.2 Å². The molecule has 4 rings (SSSR count). The van der Waals surface area contributed by atoms with Crippen molar-refractivity contribution in [2.75, 3.05) is 19.7 Å². The van der Waals surface area contributed by atoms with Crippen LogP contribution in [0.3, 0.4) is 0 Å². The fourth-order valence-corrected chi connectivity index (χ4v) is 3.46. The number of carbonyl (C=O) groups excluding carboxylic acids is 2. The Morgan fingerprint density at radius 2 is 1.79 bits per heavy atom. The number of para-hydroxylation sites is 1. The van der Waals surface area contributed by atoms with Crippen molar-refractivity contribution < 1.29 is 27.5 Å². The van der Waals surface area contributed by atoms with Gasteiger partial charge in [-0.25, -0.2) is 0 Å². The number of amides is 2. The Labute approximate surface area is 187 Å². The SMILES string of the molecule is O=C(NCCOc1ccccc1)c1cc2n(n1)CCN(Cc1ccc(C(F)(F)F)cc1)C2=O. The molecule has 0 unspecified atom stereocenters. The minimum Gasteiger partial charge on any atom is -0.492 e. The second kappa shape index (κ2) is 9.35. The van der Waals surface area contributed by atoms with Crippen molar-refractivity contribution >= 4 is 11.8 Å². The Hall–Kier alpha value is -3.82. The van der Waals surface area contributed by atoms with E-state index in [1.54, 1.807) is 0 Å². The number of hydrogen-bond acceptors (Lipinski definition) is 4. The van der Waals surface area contributed by atoms with Crippen LogP contribution in [-0.2, 0) is 19.3 Å². The first kappa shape index (κ1) is 22.4. The number of nitrogens with one attached hydrogen (secondary N) is 1. The molecular formula is C23H21F3N4O3. The third-order valence-corrected chi connectivity index (χ3v) is 5.15. The molecule has 1 N–H and O–H groups in total. The van der Waals surface area contributed by atoms with Crippen LogP contribution in [0, 0.1) is 0 Å². The molecule has 33 heavy (non-hydrogen) atoms. The molecule has 0 saturated heterocycles. The standard InChI is InChI=1S/C23H21F3N4O3/c24-23(25,26)17-8-6-16(7-9-17)15-29-11-12-30-20(22(29)32)14-19(28-30)21(31)27-10-13-33-18-4-2-1-3-5-18/h1-9,14H,10-13,15H2,(H,27,31). The maximum Gasteiger partial charge on any atom is 0.416 e. The highest BCUT2D eigenvalue weighted by Crippen LogP contribution is 2.29. The van der Waals surface area contributed by atoms with Crippen molar-refractivity contribution in [2.45, 2.75) is 19.3 Å². The largest absolute Gasteiger partial charge is 0.492 e. The van der Waals surface area contributed by atoms with E-state index in [1.807, 2.05) is 30.3 Å². The number of nitrogens with zero attached hydrogens (tertiary/aromatic N) is 3. The van der Waals surface area contributed by atoms with Crippen molar-refractivity contribution in [2.24, 2.45) is 0 Å². The van der Waals surface area contributed by atoms with Gasteiger partial charge < -0.3 is 15.0 Å². The first-order valence-corrected chi connectivity index (χ1v) is 10.3. The first-order chi connectivity index (χ1) is 15.8. The number of halogens is 3. The zero-order chi connectivity index (χ0) is 23.4. The van der Waals surface area contributed by atoms with Crippen molar-refractivity contribution in [3.8, 4) is 5.75 Å². The molecular weight excluding hydrogens is 437 g/mol. The maximum atomic E-state index is 12.8. The van der Waals surface area contributed by atoms with Crippen LogP contribution in [0.25, 0.3) is 0 Å². The summed E-state index contributed by atoms with van der Waals surface area (Å²) in [6, 6.07) is 15.3. The van der Waals surface area contributed by atoms with Gasteiger partial charge in [-0.3, -0.25) is 14.3 Å². The normalized spacial score (nSPS) is 13.5. The summed E-state index contributed by atoms with van der Waals surface area (Å²) in [5.41, 5.74) is 0.230. The van der Waals surface area contributed by atoms with Crippen molar-refractivity contribution in [1.29, 1.82) is 0 Å². The minimum absolute atomic E-state index is 0.120. The van der Waals surface area contributed by atoms with E-state index in [0.29, 0.717) is 24.4 Å². The Kier molecular flexibility index (Phi) is 6.34. The lowest BCUT2D eigenvalue weighted by atomic mass is 10.1. The van der Waals surface area contributed by atoms with Crippen LogP contribution in [0.5, 0.6) is 5.75 Å². The molecule has 0 atom stereocenters. The fraction of sp³-hybridized carbons (Fsp3) is 0.261. The molecule has 1 aromatic heterocycles. The van der Waals surface area contributed by atoms with E-state index in [9.17, 15) is 22.8 Å². The maximum absolute atomic E-state index is 12.8. The summed E-state index contributed by atoms with van der Waals surface area (Å²) in [4.78, 5) is 26.8. The van der Waals surface area contributed by atoms with Crippen LogP contribution >= 0.6 is 0 Å². The van der Waals surface area contributed by atoms with Gasteiger partial charge in [0.15, 0.2) is 5.69 Å². The summed E-state index contributed by atoms with van der Waals surface area (Å²) < 4.78 is 45.2. The van der Waals surface area contributed by atoms with Crippen molar-refractivity contribution in [3.05, 3.63) is 83.2 Å². The Bertz CT molecular complexity index is 1130. The van der Waals surface area contributed by atoms with Gasteiger partial charge in [-0.15, -0.1) is 0 Å². The molecule has 10 heteroatoms. The monoisotopic (exact) mass is 458 g/mol. The number of ether oxygens (including phenoxy) is 1. The molecule has 0 fully saturated rings. The minimum atomic E-state index is -4.41. The Balaban J connectivity index is 1.33. The summed E-state index contributed by atoms with van der Waals surface area (Å²) in [5.74, 6) is -0.0568. The van der Waals surface area contributed by atoms with Gasteiger partial charge in [0.1, 0.15) is 18.1 Å². The van der Waals surface area contributed by atoms with E-state index < -0.39 is 17.6 Å². The number of benzene rings is 2. The Morgan fingerprint density at radius 3 is 2.48 bits per heavy atom. The summed E-state index contributed by atoms with van der Waals surface area (Å²) in [6.07, 6.45) is -4.41. The molecule has 0 radical (unpaired) electrons. The molecule has 2 aromatic carbocycles. The van der Waals surface area contributed by atoms with Crippen molar-refractivity contribution in [3.63, 3.8) is 0 Å². The number of hydrogen-bond donors (Lipinski definition) is 1. The predicted molar refractivity (Wildman–Crippen MR) is 113 cm³/mol. The van der Waals surface area contributed by atoms with Gasteiger partial charge in [-0.2, -0.15) is 18.3 Å². The highest BCUT2D eigenvalue weighted by atomic mass is 19.4. The van der Waals surface area contributed by atoms with Crippen LogP contribution in [-0.4, -0.2) is 46.2 Å². The van der Waals surface area contributed by atoms with Crippen LogP contribution in [0.1, 0.15) is 32.1 Å². The molecule has 0 bridgehead atoms. The van der Waals surface area contributed by atoms with Gasteiger partial charge in [-0.05, 0) is 29.8 Å². The molecule has 2 heterocycles. The average Bonchev–Trinajstić information content (AvgIpc) is 3.24. The second-order valence-electron chi connectivity index (χ2n) is 7.48. The lowest BCUT2D eigenvalue weighted by molar-refractivity contribution is -0.137. The molecule has 172 valence electrons. The number of aromatic nitrogens is 2. The fourth-order valence-electron chi connectivity index (χ4n) is 3.46. The molecule has 1 aliphatic rings. The van der Waals surface area contributed by atoms with E-state index in [0.717, 1.165) is 12.1 Å². The molecule has 0 spiro atoms. The van der Waals surface area contributed by atoms with Crippen LogP contribution < -0.4 is 10.1 Å². The van der Waals surface area contributed by atoms with Gasteiger partial charge in [-0.1, -0.05) is 30.3 Å². The van der Waals surface area contributed by atoms with Crippen LogP contribution in [0.4, 0.5) is 13.2 Å². The zero-order valence-corrected chi connectivity index (χ0v) is 17.5. The number of carbonyl (C=O) groups is 2. The topological polar surface area (TPSA) is 76.5 Å². The third kappa shape index (κ3) is 5.33.